The third-order valence-corrected chi connectivity index (χ3v) is 2.60. The molecule has 2 rings (SSSR count). The molecule has 0 saturated carbocycles. The number of rotatable bonds is 2. The molecule has 2 N–H and O–H groups in total. The van der Waals surface area contributed by atoms with Gasteiger partial charge in [-0.1, -0.05) is 0 Å². The zero-order valence-electron chi connectivity index (χ0n) is 8.76. The molecule has 0 aromatic heterocycles. The predicted molar refractivity (Wildman–Crippen MR) is 56.3 cm³/mol. The van der Waals surface area contributed by atoms with E-state index in [1.165, 1.54) is 11.0 Å². The molecule has 0 radical (unpaired) electrons. The minimum atomic E-state index is -1.36. The van der Waals surface area contributed by atoms with E-state index in [0.29, 0.717) is 0 Å². The van der Waals surface area contributed by atoms with E-state index >= 15 is 0 Å². The predicted octanol–water partition coefficient (Wildman–Crippen LogP) is 0.621. The van der Waals surface area contributed by atoms with Crippen molar-refractivity contribution >= 4 is 17.6 Å². The summed E-state index contributed by atoms with van der Waals surface area (Å²) in [5, 5.41) is 17.9. The third kappa shape index (κ3) is 2.12. The highest BCUT2D eigenvalue weighted by atomic mass is 19.1. The first kappa shape index (κ1) is 11.5. The quantitative estimate of drug-likeness (QED) is 0.793. The van der Waals surface area contributed by atoms with E-state index < -0.39 is 23.5 Å². The van der Waals surface area contributed by atoms with E-state index in [4.69, 9.17) is 5.11 Å². The number of carboxylic acid groups (broad SMARTS) is 1. The number of aliphatic hydroxyl groups is 1. The van der Waals surface area contributed by atoms with Crippen molar-refractivity contribution in [2.45, 2.75) is 12.5 Å². The molecule has 1 atom stereocenters. The summed E-state index contributed by atoms with van der Waals surface area (Å²) in [7, 11) is 0. The second kappa shape index (κ2) is 4.14. The van der Waals surface area contributed by atoms with Crippen LogP contribution in [0.3, 0.4) is 0 Å². The summed E-state index contributed by atoms with van der Waals surface area (Å²) in [5.74, 6) is -2.56. The number of halogens is 1. The summed E-state index contributed by atoms with van der Waals surface area (Å²) in [6, 6.07) is 3.44. The first-order valence-corrected chi connectivity index (χ1v) is 5.00. The Labute approximate surface area is 96.1 Å². The molecule has 1 unspecified atom stereocenters. The Morgan fingerprint density at radius 2 is 2.18 bits per heavy atom. The molecule has 0 aliphatic carbocycles. The molecule has 1 fully saturated rings. The third-order valence-electron chi connectivity index (χ3n) is 2.60. The van der Waals surface area contributed by atoms with Crippen LogP contribution in [0.25, 0.3) is 0 Å². The van der Waals surface area contributed by atoms with Crippen LogP contribution in [0.15, 0.2) is 18.2 Å². The second-order valence-corrected chi connectivity index (χ2v) is 3.83. The summed E-state index contributed by atoms with van der Waals surface area (Å²) in [6.07, 6.45) is -0.757. The molecule has 1 aliphatic rings. The first-order valence-electron chi connectivity index (χ1n) is 5.00. The van der Waals surface area contributed by atoms with Crippen LogP contribution in [0.1, 0.15) is 16.8 Å². The van der Waals surface area contributed by atoms with Crippen LogP contribution in [-0.4, -0.2) is 34.7 Å². The smallest absolute Gasteiger partial charge is 0.338 e. The van der Waals surface area contributed by atoms with Gasteiger partial charge in [-0.15, -0.1) is 0 Å². The molecule has 90 valence electrons. The number of carbonyl (C=O) groups is 2. The topological polar surface area (TPSA) is 77.8 Å². The van der Waals surface area contributed by atoms with E-state index in [1.807, 2.05) is 0 Å². The zero-order chi connectivity index (χ0) is 12.6. The average Bonchev–Trinajstić information content (AvgIpc) is 2.57. The maximum Gasteiger partial charge on any atom is 0.338 e. The molecule has 1 aromatic rings. The Balaban J connectivity index is 2.32. The number of hydrogen-bond acceptors (Lipinski definition) is 3. The van der Waals surface area contributed by atoms with Crippen LogP contribution < -0.4 is 4.90 Å². The fraction of sp³-hybridized carbons (Fsp3) is 0.273. The summed E-state index contributed by atoms with van der Waals surface area (Å²) >= 11 is 0. The largest absolute Gasteiger partial charge is 0.478 e. The maximum atomic E-state index is 13.4. The van der Waals surface area contributed by atoms with Crippen LogP contribution in [0, 0.1) is 5.82 Å². The highest BCUT2D eigenvalue weighted by molar-refractivity contribution is 5.96. The van der Waals surface area contributed by atoms with Gasteiger partial charge in [-0.2, -0.15) is 0 Å². The molecule has 1 saturated heterocycles. The van der Waals surface area contributed by atoms with E-state index in [2.05, 4.69) is 0 Å². The minimum absolute atomic E-state index is 0.00228. The van der Waals surface area contributed by atoms with Crippen LogP contribution in [0.2, 0.25) is 0 Å². The van der Waals surface area contributed by atoms with Crippen molar-refractivity contribution < 1.29 is 24.2 Å². The van der Waals surface area contributed by atoms with Crippen LogP contribution in [0.5, 0.6) is 0 Å². The average molecular weight is 239 g/mol. The van der Waals surface area contributed by atoms with Crippen molar-refractivity contribution in [2.75, 3.05) is 11.4 Å². The van der Waals surface area contributed by atoms with Gasteiger partial charge in [0.05, 0.1) is 24.6 Å². The van der Waals surface area contributed by atoms with Crippen molar-refractivity contribution in [3.63, 3.8) is 0 Å². The normalized spacial score (nSPS) is 19.8. The molecule has 0 spiro atoms. The lowest BCUT2D eigenvalue weighted by atomic mass is 10.2. The van der Waals surface area contributed by atoms with Gasteiger partial charge < -0.3 is 15.1 Å². The molecule has 5 nitrogen and oxygen atoms in total. The standard InChI is InChI=1S/C11H10FNO4/c12-9-3-6(1-2-8(9)11(16)17)13-5-7(14)4-10(13)15/h1-3,7,14H,4-5H2,(H,16,17). The number of nitrogens with zero attached hydrogens (tertiary/aromatic N) is 1. The minimum Gasteiger partial charge on any atom is -0.478 e. The van der Waals surface area contributed by atoms with Gasteiger partial charge in [0.25, 0.3) is 0 Å². The number of aliphatic hydroxyl groups excluding tert-OH is 1. The van der Waals surface area contributed by atoms with Crippen molar-refractivity contribution in [3.8, 4) is 0 Å². The molecular formula is C11H10FNO4. The summed E-state index contributed by atoms with van der Waals surface area (Å²) in [5.41, 5.74) is -0.185. The molecular weight excluding hydrogens is 229 g/mol. The second-order valence-electron chi connectivity index (χ2n) is 3.83. The van der Waals surface area contributed by atoms with E-state index in [9.17, 15) is 19.1 Å². The summed E-state index contributed by atoms with van der Waals surface area (Å²) in [6.45, 7) is 0.102. The Morgan fingerprint density at radius 3 is 2.65 bits per heavy atom. The summed E-state index contributed by atoms with van der Waals surface area (Å²) in [4.78, 5) is 23.3. The van der Waals surface area contributed by atoms with Gasteiger partial charge in [0.1, 0.15) is 5.82 Å². The lowest BCUT2D eigenvalue weighted by molar-refractivity contribution is -0.117. The first-order chi connectivity index (χ1) is 7.99. The van der Waals surface area contributed by atoms with Gasteiger partial charge in [0.2, 0.25) is 5.91 Å². The van der Waals surface area contributed by atoms with E-state index in [0.717, 1.165) is 12.1 Å². The lowest BCUT2D eigenvalue weighted by Gasteiger charge is -2.16. The maximum absolute atomic E-state index is 13.4. The van der Waals surface area contributed by atoms with Crippen LogP contribution in [0.4, 0.5) is 10.1 Å². The zero-order valence-corrected chi connectivity index (χ0v) is 8.76. The van der Waals surface area contributed by atoms with Gasteiger partial charge in [-0.25, -0.2) is 9.18 Å². The number of benzene rings is 1. The van der Waals surface area contributed by atoms with Gasteiger partial charge in [-0.3, -0.25) is 4.79 Å². The van der Waals surface area contributed by atoms with Crippen molar-refractivity contribution in [3.05, 3.63) is 29.6 Å². The van der Waals surface area contributed by atoms with Gasteiger partial charge in [0, 0.05) is 5.69 Å². The number of amides is 1. The Morgan fingerprint density at radius 1 is 1.47 bits per heavy atom. The molecule has 1 aliphatic heterocycles. The van der Waals surface area contributed by atoms with Gasteiger partial charge >= 0.3 is 5.97 Å². The van der Waals surface area contributed by atoms with Gasteiger partial charge in [-0.05, 0) is 18.2 Å². The molecule has 1 heterocycles. The molecule has 1 aromatic carbocycles. The number of aromatic carboxylic acids is 1. The van der Waals surface area contributed by atoms with E-state index in [-0.39, 0.29) is 24.6 Å². The number of anilines is 1. The van der Waals surface area contributed by atoms with Gasteiger partial charge in [0.15, 0.2) is 0 Å². The molecule has 6 heteroatoms. The van der Waals surface area contributed by atoms with Crippen LogP contribution >= 0.6 is 0 Å². The highest BCUT2D eigenvalue weighted by Gasteiger charge is 2.29. The monoisotopic (exact) mass is 239 g/mol. The Bertz CT molecular complexity index is 488. The van der Waals surface area contributed by atoms with Crippen molar-refractivity contribution in [1.82, 2.24) is 0 Å². The SMILES string of the molecule is O=C(O)c1ccc(N2CC(O)CC2=O)cc1F. The highest BCUT2D eigenvalue weighted by Crippen LogP contribution is 2.23. The Kier molecular flexibility index (Phi) is 2.81. The number of carboxylic acids is 1. The number of carbonyl (C=O) groups excluding carboxylic acids is 1. The fourth-order valence-electron chi connectivity index (χ4n) is 1.78. The fourth-order valence-corrected chi connectivity index (χ4v) is 1.78. The lowest BCUT2D eigenvalue weighted by Crippen LogP contribution is -2.25. The molecule has 17 heavy (non-hydrogen) atoms. The van der Waals surface area contributed by atoms with Crippen LogP contribution in [-0.2, 0) is 4.79 Å². The van der Waals surface area contributed by atoms with E-state index in [1.54, 1.807) is 0 Å². The Hall–Kier alpha value is -1.95. The summed E-state index contributed by atoms with van der Waals surface area (Å²) < 4.78 is 13.4. The molecule has 0 bridgehead atoms. The van der Waals surface area contributed by atoms with Crippen molar-refractivity contribution in [2.24, 2.45) is 0 Å². The molecule has 1 amide bonds. The number of hydrogen-bond donors (Lipinski definition) is 2. The van der Waals surface area contributed by atoms with Crippen molar-refractivity contribution in [1.29, 1.82) is 0 Å². The number of β-amino-alcohol motifs (C(OH)–C–C–N with tert-alkyl or cyclic N) is 1.